The molecule has 1 aromatic carbocycles. The van der Waals surface area contributed by atoms with Gasteiger partial charge in [0.15, 0.2) is 6.10 Å². The average Bonchev–Trinajstić information content (AvgIpc) is 2.85. The van der Waals surface area contributed by atoms with Crippen molar-refractivity contribution >= 4 is 5.91 Å². The maximum absolute atomic E-state index is 12.1. The van der Waals surface area contributed by atoms with Crippen LogP contribution in [0.2, 0.25) is 0 Å². The van der Waals surface area contributed by atoms with Gasteiger partial charge in [-0.3, -0.25) is 4.79 Å². The summed E-state index contributed by atoms with van der Waals surface area (Å²) in [5, 5.41) is 3.01. The Labute approximate surface area is 127 Å². The summed E-state index contributed by atoms with van der Waals surface area (Å²) in [7, 11) is 0. The van der Waals surface area contributed by atoms with E-state index in [0.717, 1.165) is 31.4 Å². The Morgan fingerprint density at radius 3 is 2.81 bits per heavy atom. The lowest BCUT2D eigenvalue weighted by Crippen LogP contribution is -2.42. The van der Waals surface area contributed by atoms with Gasteiger partial charge >= 0.3 is 0 Å². The first-order valence-electron chi connectivity index (χ1n) is 7.90. The van der Waals surface area contributed by atoms with E-state index in [1.54, 1.807) is 6.92 Å². The second-order valence-corrected chi connectivity index (χ2v) is 5.79. The molecule has 1 amide bonds. The summed E-state index contributed by atoms with van der Waals surface area (Å²) in [5.41, 5.74) is 8.47. The van der Waals surface area contributed by atoms with Gasteiger partial charge in [0.2, 0.25) is 0 Å². The van der Waals surface area contributed by atoms with E-state index >= 15 is 0 Å². The molecule has 3 N–H and O–H groups in total. The normalized spacial score (nSPS) is 18.4. The third-order valence-corrected chi connectivity index (χ3v) is 4.25. The van der Waals surface area contributed by atoms with Crippen molar-refractivity contribution in [2.75, 3.05) is 0 Å². The molecular formula is C17H26N2O2. The molecule has 0 saturated carbocycles. The summed E-state index contributed by atoms with van der Waals surface area (Å²) in [6, 6.07) is 6.31. The van der Waals surface area contributed by atoms with Crippen molar-refractivity contribution in [2.24, 2.45) is 5.73 Å². The fourth-order valence-electron chi connectivity index (χ4n) is 2.77. The molecule has 4 nitrogen and oxygen atoms in total. The predicted octanol–water partition coefficient (Wildman–Crippen LogP) is 2.70. The SMILES string of the molecule is CCC(CC)NC(=O)C(C)Oc1ccc2c(c1)CCC2N. The summed E-state index contributed by atoms with van der Waals surface area (Å²) < 4.78 is 5.77. The maximum Gasteiger partial charge on any atom is 0.260 e. The first kappa shape index (κ1) is 15.8. The first-order valence-corrected chi connectivity index (χ1v) is 7.90. The van der Waals surface area contributed by atoms with Gasteiger partial charge in [-0.25, -0.2) is 0 Å². The van der Waals surface area contributed by atoms with Crippen molar-refractivity contribution in [1.82, 2.24) is 5.32 Å². The molecule has 0 heterocycles. The van der Waals surface area contributed by atoms with Crippen LogP contribution in [0, 0.1) is 0 Å². The van der Waals surface area contributed by atoms with Crippen molar-refractivity contribution < 1.29 is 9.53 Å². The topological polar surface area (TPSA) is 64.3 Å². The van der Waals surface area contributed by atoms with Gasteiger partial charge in [0.05, 0.1) is 0 Å². The highest BCUT2D eigenvalue weighted by atomic mass is 16.5. The van der Waals surface area contributed by atoms with E-state index in [-0.39, 0.29) is 18.0 Å². The summed E-state index contributed by atoms with van der Waals surface area (Å²) in [6.45, 7) is 5.93. The Morgan fingerprint density at radius 1 is 1.43 bits per heavy atom. The van der Waals surface area contributed by atoms with Crippen LogP contribution in [0.3, 0.4) is 0 Å². The molecular weight excluding hydrogens is 264 g/mol. The Balaban J connectivity index is 1.96. The highest BCUT2D eigenvalue weighted by Gasteiger charge is 2.21. The number of nitrogens with two attached hydrogens (primary N) is 1. The minimum Gasteiger partial charge on any atom is -0.481 e. The Hall–Kier alpha value is -1.55. The second kappa shape index (κ2) is 6.94. The van der Waals surface area contributed by atoms with Crippen LogP contribution < -0.4 is 15.8 Å². The van der Waals surface area contributed by atoms with Crippen molar-refractivity contribution in [1.29, 1.82) is 0 Å². The number of nitrogens with one attached hydrogen (secondary N) is 1. The zero-order valence-electron chi connectivity index (χ0n) is 13.2. The lowest BCUT2D eigenvalue weighted by atomic mass is 10.1. The number of carbonyl (C=O) groups is 1. The molecule has 4 heteroatoms. The molecule has 1 aliphatic rings. The minimum absolute atomic E-state index is 0.0547. The van der Waals surface area contributed by atoms with Crippen molar-refractivity contribution in [3.8, 4) is 5.75 Å². The molecule has 116 valence electrons. The maximum atomic E-state index is 12.1. The zero-order valence-corrected chi connectivity index (χ0v) is 13.2. The van der Waals surface area contributed by atoms with Gasteiger partial charge in [-0.05, 0) is 55.9 Å². The van der Waals surface area contributed by atoms with Crippen molar-refractivity contribution in [3.63, 3.8) is 0 Å². The van der Waals surface area contributed by atoms with Crippen molar-refractivity contribution in [2.45, 2.75) is 64.6 Å². The summed E-state index contributed by atoms with van der Waals surface area (Å²) in [5.74, 6) is 0.691. The fourth-order valence-corrected chi connectivity index (χ4v) is 2.77. The first-order chi connectivity index (χ1) is 10.0. The molecule has 2 unspecified atom stereocenters. The molecule has 1 aromatic rings. The van der Waals surface area contributed by atoms with Crippen LogP contribution in [0.4, 0.5) is 0 Å². The second-order valence-electron chi connectivity index (χ2n) is 5.79. The predicted molar refractivity (Wildman–Crippen MR) is 84.3 cm³/mol. The van der Waals surface area contributed by atoms with E-state index < -0.39 is 6.10 Å². The molecule has 0 aliphatic heterocycles. The Kier molecular flexibility index (Phi) is 5.23. The quantitative estimate of drug-likeness (QED) is 0.846. The van der Waals surface area contributed by atoms with Gasteiger partial charge in [0.1, 0.15) is 5.75 Å². The largest absolute Gasteiger partial charge is 0.481 e. The number of rotatable bonds is 6. The molecule has 0 radical (unpaired) electrons. The number of hydrogen-bond acceptors (Lipinski definition) is 3. The lowest BCUT2D eigenvalue weighted by Gasteiger charge is -2.20. The molecule has 0 fully saturated rings. The van der Waals surface area contributed by atoms with E-state index in [1.165, 1.54) is 11.1 Å². The number of fused-ring (bicyclic) bond motifs is 1. The molecule has 2 atom stereocenters. The number of ether oxygens (including phenoxy) is 1. The van der Waals surface area contributed by atoms with Crippen LogP contribution >= 0.6 is 0 Å². The molecule has 2 rings (SSSR count). The fraction of sp³-hybridized carbons (Fsp3) is 0.588. The number of amides is 1. The number of hydrogen-bond donors (Lipinski definition) is 2. The van der Waals surface area contributed by atoms with Gasteiger partial charge in [0, 0.05) is 12.1 Å². The zero-order chi connectivity index (χ0) is 15.4. The van der Waals surface area contributed by atoms with E-state index in [1.807, 2.05) is 18.2 Å². The number of benzene rings is 1. The third-order valence-electron chi connectivity index (χ3n) is 4.25. The summed E-state index contributed by atoms with van der Waals surface area (Å²) in [4.78, 5) is 12.1. The summed E-state index contributed by atoms with van der Waals surface area (Å²) >= 11 is 0. The highest BCUT2D eigenvalue weighted by molar-refractivity contribution is 5.81. The van der Waals surface area contributed by atoms with Gasteiger partial charge in [-0.1, -0.05) is 19.9 Å². The standard InChI is InChI=1S/C17H26N2O2/c1-4-13(5-2)19-17(20)11(3)21-14-7-8-15-12(10-14)6-9-16(15)18/h7-8,10-11,13,16H,4-6,9,18H2,1-3H3,(H,19,20). The molecule has 21 heavy (non-hydrogen) atoms. The molecule has 1 aliphatic carbocycles. The minimum atomic E-state index is -0.487. The van der Waals surface area contributed by atoms with Gasteiger partial charge in [-0.15, -0.1) is 0 Å². The van der Waals surface area contributed by atoms with Crippen LogP contribution in [-0.2, 0) is 11.2 Å². The van der Waals surface area contributed by atoms with E-state index in [0.29, 0.717) is 0 Å². The van der Waals surface area contributed by atoms with E-state index in [2.05, 4.69) is 19.2 Å². The van der Waals surface area contributed by atoms with Crippen LogP contribution in [0.15, 0.2) is 18.2 Å². The van der Waals surface area contributed by atoms with Crippen molar-refractivity contribution in [3.05, 3.63) is 29.3 Å². The highest BCUT2D eigenvalue weighted by Crippen LogP contribution is 2.32. The average molecular weight is 290 g/mol. The Morgan fingerprint density at radius 2 is 2.14 bits per heavy atom. The Bertz CT molecular complexity index is 498. The van der Waals surface area contributed by atoms with Gasteiger partial charge in [0.25, 0.3) is 5.91 Å². The van der Waals surface area contributed by atoms with Crippen LogP contribution in [0.5, 0.6) is 5.75 Å². The van der Waals surface area contributed by atoms with Crippen LogP contribution in [0.25, 0.3) is 0 Å². The molecule has 0 bridgehead atoms. The summed E-state index contributed by atoms with van der Waals surface area (Å²) in [6.07, 6.45) is 3.36. The van der Waals surface area contributed by atoms with Gasteiger partial charge < -0.3 is 15.8 Å². The molecule has 0 spiro atoms. The van der Waals surface area contributed by atoms with E-state index in [4.69, 9.17) is 10.5 Å². The monoisotopic (exact) mass is 290 g/mol. The van der Waals surface area contributed by atoms with Crippen LogP contribution in [0.1, 0.15) is 57.2 Å². The van der Waals surface area contributed by atoms with Gasteiger partial charge in [-0.2, -0.15) is 0 Å². The third kappa shape index (κ3) is 3.76. The molecule has 0 aromatic heterocycles. The smallest absolute Gasteiger partial charge is 0.260 e. The van der Waals surface area contributed by atoms with E-state index in [9.17, 15) is 4.79 Å². The number of carbonyl (C=O) groups excluding carboxylic acids is 1. The van der Waals surface area contributed by atoms with Crippen LogP contribution in [-0.4, -0.2) is 18.1 Å². The molecule has 0 saturated heterocycles. The number of aryl methyl sites for hydroxylation is 1. The lowest BCUT2D eigenvalue weighted by molar-refractivity contribution is -0.128.